The maximum absolute atomic E-state index is 11.0. The van der Waals surface area contributed by atoms with E-state index in [0.29, 0.717) is 12.2 Å². The molecule has 0 radical (unpaired) electrons. The number of hydrogen-bond donors (Lipinski definition) is 1. The van der Waals surface area contributed by atoms with Crippen molar-refractivity contribution in [1.29, 1.82) is 0 Å². The SMILES string of the molecule is CC.CCc1cccc(CNc2cc(=O)c2=O)c1. The molecule has 2 aromatic carbocycles. The van der Waals surface area contributed by atoms with E-state index in [-0.39, 0.29) is 0 Å². The van der Waals surface area contributed by atoms with Crippen LogP contribution in [0.1, 0.15) is 31.9 Å². The lowest BCUT2D eigenvalue weighted by Crippen LogP contribution is -2.32. The number of hydrogen-bond acceptors (Lipinski definition) is 3. The Morgan fingerprint density at radius 3 is 2.28 bits per heavy atom. The molecule has 0 spiro atoms. The molecular weight excluding hydrogens is 226 g/mol. The van der Waals surface area contributed by atoms with E-state index in [4.69, 9.17) is 0 Å². The first-order valence-corrected chi connectivity index (χ1v) is 6.32. The molecule has 96 valence electrons. The third kappa shape index (κ3) is 3.29. The molecule has 2 aromatic rings. The van der Waals surface area contributed by atoms with Crippen molar-refractivity contribution in [3.05, 3.63) is 61.9 Å². The van der Waals surface area contributed by atoms with Gasteiger partial charge in [-0.25, -0.2) is 0 Å². The van der Waals surface area contributed by atoms with Gasteiger partial charge in [0.15, 0.2) is 0 Å². The Bertz CT molecular complexity index is 566. The fraction of sp³-hybridized carbons (Fsp3) is 0.333. The third-order valence-corrected chi connectivity index (χ3v) is 2.63. The molecule has 0 bridgehead atoms. The first-order valence-electron chi connectivity index (χ1n) is 6.32. The quantitative estimate of drug-likeness (QED) is 0.842. The molecule has 0 saturated heterocycles. The Kier molecular flexibility index (Phi) is 5.31. The predicted octanol–water partition coefficient (Wildman–Crippen LogP) is 2.48. The molecule has 2 rings (SSSR count). The molecule has 0 aromatic heterocycles. The molecular formula is C15H19NO2. The van der Waals surface area contributed by atoms with Gasteiger partial charge in [0.25, 0.3) is 0 Å². The van der Waals surface area contributed by atoms with E-state index >= 15 is 0 Å². The van der Waals surface area contributed by atoms with Gasteiger partial charge in [-0.05, 0) is 17.5 Å². The molecule has 0 aliphatic heterocycles. The van der Waals surface area contributed by atoms with Crippen LogP contribution in [0.5, 0.6) is 0 Å². The lowest BCUT2D eigenvalue weighted by molar-refractivity contribution is 1.08. The summed E-state index contributed by atoms with van der Waals surface area (Å²) in [5.74, 6) is 0. The van der Waals surface area contributed by atoms with Crippen molar-refractivity contribution in [3.63, 3.8) is 0 Å². The summed E-state index contributed by atoms with van der Waals surface area (Å²) in [6, 6.07) is 9.50. The lowest BCUT2D eigenvalue weighted by Gasteiger charge is -2.07. The van der Waals surface area contributed by atoms with Gasteiger partial charge < -0.3 is 5.32 Å². The van der Waals surface area contributed by atoms with E-state index < -0.39 is 10.9 Å². The van der Waals surface area contributed by atoms with E-state index in [2.05, 4.69) is 24.4 Å². The van der Waals surface area contributed by atoms with Gasteiger partial charge in [0, 0.05) is 12.6 Å². The van der Waals surface area contributed by atoms with Gasteiger partial charge in [-0.2, -0.15) is 0 Å². The maximum atomic E-state index is 11.0. The van der Waals surface area contributed by atoms with E-state index in [1.807, 2.05) is 26.0 Å². The highest BCUT2D eigenvalue weighted by molar-refractivity contribution is 5.47. The minimum atomic E-state index is -0.412. The number of rotatable bonds is 4. The summed E-state index contributed by atoms with van der Waals surface area (Å²) in [5.41, 5.74) is 1.99. The molecule has 0 amide bonds. The molecule has 0 fully saturated rings. The van der Waals surface area contributed by atoms with Gasteiger partial charge in [0.05, 0.1) is 5.69 Å². The van der Waals surface area contributed by atoms with E-state index in [1.165, 1.54) is 11.6 Å². The summed E-state index contributed by atoms with van der Waals surface area (Å²) in [5, 5.41) is 2.96. The molecule has 18 heavy (non-hydrogen) atoms. The van der Waals surface area contributed by atoms with Crippen molar-refractivity contribution in [2.24, 2.45) is 0 Å². The van der Waals surface area contributed by atoms with Crippen LogP contribution >= 0.6 is 0 Å². The van der Waals surface area contributed by atoms with Crippen LogP contribution in [0.15, 0.2) is 39.9 Å². The average Bonchev–Trinajstić information content (AvgIpc) is 2.45. The van der Waals surface area contributed by atoms with Crippen molar-refractivity contribution in [1.82, 2.24) is 0 Å². The summed E-state index contributed by atoms with van der Waals surface area (Å²) in [7, 11) is 0. The number of anilines is 1. The number of aryl methyl sites for hydroxylation is 1. The van der Waals surface area contributed by atoms with Crippen LogP contribution in [0.25, 0.3) is 0 Å². The summed E-state index contributed by atoms with van der Waals surface area (Å²) >= 11 is 0. The number of nitrogens with one attached hydrogen (secondary N) is 1. The average molecular weight is 245 g/mol. The standard InChI is InChI=1S/C13H13NO2.C2H6/c1-2-9-4-3-5-10(6-9)8-14-11-7-12(15)13(11)16;1-2/h3-7,14H,2,8H2,1H3;1-2H3. The molecule has 0 saturated carbocycles. The Morgan fingerprint density at radius 1 is 1.06 bits per heavy atom. The second-order valence-electron chi connectivity index (χ2n) is 3.78. The largest absolute Gasteiger partial charge is 0.378 e. The Hall–Kier alpha value is -1.90. The molecule has 0 aliphatic rings. The molecule has 1 N–H and O–H groups in total. The van der Waals surface area contributed by atoms with Gasteiger partial charge in [-0.3, -0.25) is 9.59 Å². The monoisotopic (exact) mass is 245 g/mol. The summed E-state index contributed by atoms with van der Waals surface area (Å²) in [6.07, 6.45) is 0.994. The Morgan fingerprint density at radius 2 is 1.72 bits per heavy atom. The minimum Gasteiger partial charge on any atom is -0.378 e. The van der Waals surface area contributed by atoms with E-state index in [9.17, 15) is 9.59 Å². The van der Waals surface area contributed by atoms with Gasteiger partial charge >= 0.3 is 0 Å². The minimum absolute atomic E-state index is 0.411. The molecule has 3 nitrogen and oxygen atoms in total. The van der Waals surface area contributed by atoms with Crippen molar-refractivity contribution in [3.8, 4) is 0 Å². The first kappa shape index (κ1) is 14.2. The van der Waals surface area contributed by atoms with Crippen LogP contribution in [0, 0.1) is 0 Å². The topological polar surface area (TPSA) is 46.2 Å². The third-order valence-electron chi connectivity index (χ3n) is 2.63. The molecule has 0 unspecified atom stereocenters. The van der Waals surface area contributed by atoms with Crippen molar-refractivity contribution < 1.29 is 0 Å². The first-order chi connectivity index (χ1) is 8.70. The second-order valence-corrected chi connectivity index (χ2v) is 3.78. The predicted molar refractivity (Wildman–Crippen MR) is 75.8 cm³/mol. The van der Waals surface area contributed by atoms with Crippen LogP contribution in [-0.4, -0.2) is 0 Å². The lowest BCUT2D eigenvalue weighted by atomic mass is 10.1. The smallest absolute Gasteiger partial charge is 0.248 e. The zero-order chi connectivity index (χ0) is 13.5. The van der Waals surface area contributed by atoms with Crippen LogP contribution in [0.3, 0.4) is 0 Å². The molecule has 0 aliphatic carbocycles. The normalized spacial score (nSPS) is 9.72. The van der Waals surface area contributed by atoms with Crippen molar-refractivity contribution >= 4 is 5.69 Å². The summed E-state index contributed by atoms with van der Waals surface area (Å²) in [4.78, 5) is 21.7. The highest BCUT2D eigenvalue weighted by Crippen LogP contribution is 2.07. The summed E-state index contributed by atoms with van der Waals surface area (Å²) < 4.78 is 0. The van der Waals surface area contributed by atoms with Crippen LogP contribution < -0.4 is 16.2 Å². The van der Waals surface area contributed by atoms with E-state index in [0.717, 1.165) is 12.0 Å². The Balaban J connectivity index is 0.000000771. The molecule has 0 atom stereocenters. The Labute approximate surface area is 107 Å². The van der Waals surface area contributed by atoms with Gasteiger partial charge in [0.2, 0.25) is 10.9 Å². The van der Waals surface area contributed by atoms with Gasteiger partial charge in [-0.1, -0.05) is 45.0 Å². The highest BCUT2D eigenvalue weighted by atomic mass is 16.2. The molecule has 3 heteroatoms. The zero-order valence-electron chi connectivity index (χ0n) is 11.1. The zero-order valence-corrected chi connectivity index (χ0v) is 11.1. The van der Waals surface area contributed by atoms with Crippen LogP contribution in [0.4, 0.5) is 5.69 Å². The number of benzene rings is 1. The molecule has 0 heterocycles. The fourth-order valence-electron chi connectivity index (χ4n) is 1.61. The van der Waals surface area contributed by atoms with Gasteiger partial charge in [0.1, 0.15) is 0 Å². The maximum Gasteiger partial charge on any atom is 0.248 e. The summed E-state index contributed by atoms with van der Waals surface area (Å²) in [6.45, 7) is 6.68. The van der Waals surface area contributed by atoms with Crippen molar-refractivity contribution in [2.75, 3.05) is 5.32 Å². The van der Waals surface area contributed by atoms with Crippen LogP contribution in [0.2, 0.25) is 0 Å². The van der Waals surface area contributed by atoms with Crippen LogP contribution in [-0.2, 0) is 13.0 Å². The van der Waals surface area contributed by atoms with E-state index in [1.54, 1.807) is 0 Å². The van der Waals surface area contributed by atoms with Crippen molar-refractivity contribution in [2.45, 2.75) is 33.7 Å². The van der Waals surface area contributed by atoms with Gasteiger partial charge in [-0.15, -0.1) is 0 Å². The highest BCUT2D eigenvalue weighted by Gasteiger charge is 2.07. The second kappa shape index (κ2) is 6.74. The fourth-order valence-corrected chi connectivity index (χ4v) is 1.61.